The van der Waals surface area contributed by atoms with Crippen LogP contribution in [0.3, 0.4) is 0 Å². The van der Waals surface area contributed by atoms with Gasteiger partial charge in [0.15, 0.2) is 0 Å². The van der Waals surface area contributed by atoms with Gasteiger partial charge in [0.2, 0.25) is 0 Å². The Kier molecular flexibility index (Phi) is 24.1. The number of aryl methyl sites for hydroxylation is 1. The second kappa shape index (κ2) is 25.9. The van der Waals surface area contributed by atoms with E-state index in [4.69, 9.17) is 0 Å². The molecule has 0 bridgehead atoms. The summed E-state index contributed by atoms with van der Waals surface area (Å²) in [6, 6.07) is 48.7. The molecule has 0 heterocycles. The van der Waals surface area contributed by atoms with Gasteiger partial charge in [0.05, 0.1) is 0 Å². The monoisotopic (exact) mass is 644 g/mol. The third-order valence-electron chi connectivity index (χ3n) is 5.84. The van der Waals surface area contributed by atoms with Gasteiger partial charge in [-0.1, -0.05) is 81.6 Å². The summed E-state index contributed by atoms with van der Waals surface area (Å²) in [5.74, 6) is 0. The Morgan fingerprint density at radius 2 is 1.26 bits per heavy atom. The van der Waals surface area contributed by atoms with E-state index >= 15 is 0 Å². The quantitative estimate of drug-likeness (QED) is 0.133. The van der Waals surface area contributed by atoms with E-state index in [2.05, 4.69) is 151 Å². The van der Waals surface area contributed by atoms with Crippen LogP contribution in [0.2, 0.25) is 0 Å². The summed E-state index contributed by atoms with van der Waals surface area (Å²) in [7, 11) is 0. The second-order valence-corrected chi connectivity index (χ2v) is 9.15. The Morgan fingerprint density at radius 1 is 0.714 bits per heavy atom. The van der Waals surface area contributed by atoms with Gasteiger partial charge in [0.1, 0.15) is 0 Å². The van der Waals surface area contributed by atoms with Crippen molar-refractivity contribution >= 4 is 28.4 Å². The fourth-order valence-corrected chi connectivity index (χ4v) is 3.68. The molecule has 0 nitrogen and oxygen atoms in total. The summed E-state index contributed by atoms with van der Waals surface area (Å²) in [4.78, 5) is 0. The summed E-state index contributed by atoms with van der Waals surface area (Å²) in [6.45, 7) is 16.6. The second-order valence-electron chi connectivity index (χ2n) is 9.15. The van der Waals surface area contributed by atoms with Crippen molar-refractivity contribution in [3.05, 3.63) is 166 Å². The van der Waals surface area contributed by atoms with E-state index in [-0.39, 0.29) is 7.43 Å². The predicted octanol–water partition coefficient (Wildman–Crippen LogP) is 11.9. The SMILES string of the molecule is Cc1cc2ccccc2[cH-]1.[CH2-]CCC.[CH2-]CCC.[CH3-].[Si]=[Zr].[c-]1ccccc1.c1ccc(-c2cccc3[cH-]ccc23)cc1. The summed E-state index contributed by atoms with van der Waals surface area (Å²) in [6.07, 6.45) is 4.56. The fraction of sp³-hybridized carbons (Fsp3) is 0.175. The largest absolute Gasteiger partial charge is 0.184 e. The Balaban J connectivity index is 0.000000542. The van der Waals surface area contributed by atoms with Crippen molar-refractivity contribution in [1.29, 1.82) is 0 Å². The Morgan fingerprint density at radius 3 is 1.79 bits per heavy atom. The molecular weight excluding hydrogens is 600 g/mol. The average molecular weight is 646 g/mol. The minimum atomic E-state index is 0. The van der Waals surface area contributed by atoms with Crippen LogP contribution < -0.4 is 0 Å². The van der Waals surface area contributed by atoms with Crippen molar-refractivity contribution in [2.45, 2.75) is 46.5 Å². The normalized spacial score (nSPS) is 8.95. The average Bonchev–Trinajstić information content (AvgIpc) is 3.70. The Labute approximate surface area is 274 Å². The molecular formula is C40H46SiZr-6. The van der Waals surface area contributed by atoms with Crippen molar-refractivity contribution in [2.24, 2.45) is 0 Å². The van der Waals surface area contributed by atoms with E-state index in [9.17, 15) is 0 Å². The standard InChI is InChI=1S/C15H11.C10H9.C6H5.2C4H9.CH3.Si.Zr/c1-2-6-12(7-3-1)14-10-4-8-13-9-5-11-15(13)14;1-8-6-9-4-2-3-5-10(9)7-8;1-2-4-6-5-3-1;2*1-3-4-2;;;/h1-11H;2-7H,1H3;1-5H;2*1,3-4H2,2H3;1H3;;/q6*-1;;. The number of fused-ring (bicyclic) bond motifs is 2. The molecule has 0 spiro atoms. The molecule has 6 aromatic carbocycles. The van der Waals surface area contributed by atoms with E-state index in [1.165, 1.54) is 74.4 Å². The molecule has 0 saturated heterocycles. The van der Waals surface area contributed by atoms with Crippen LogP contribution in [0.5, 0.6) is 0 Å². The van der Waals surface area contributed by atoms with Gasteiger partial charge in [-0.25, -0.2) is 0 Å². The van der Waals surface area contributed by atoms with Crippen molar-refractivity contribution in [2.75, 3.05) is 0 Å². The minimum Gasteiger partial charge on any atom is -0.184 e. The molecule has 0 atom stereocenters. The molecule has 0 unspecified atom stereocenters. The maximum Gasteiger partial charge on any atom is -0.0279 e. The summed E-state index contributed by atoms with van der Waals surface area (Å²) in [5, 5.41) is 5.35. The molecule has 220 valence electrons. The maximum absolute atomic E-state index is 3.60. The molecule has 0 saturated carbocycles. The number of rotatable bonds is 3. The van der Waals surface area contributed by atoms with Gasteiger partial charge in [-0.15, -0.1) is 69.6 Å². The third kappa shape index (κ3) is 15.4. The first-order valence-electron chi connectivity index (χ1n) is 14.2. The topological polar surface area (TPSA) is 0 Å². The van der Waals surface area contributed by atoms with Crippen LogP contribution >= 0.6 is 0 Å². The number of hydrogen-bond acceptors (Lipinski definition) is 0. The molecule has 0 aromatic heterocycles. The molecule has 0 amide bonds. The molecule has 2 heteroatoms. The van der Waals surface area contributed by atoms with Gasteiger partial charge in [-0.05, 0) is 5.56 Å². The molecule has 0 N–H and O–H groups in total. The van der Waals surface area contributed by atoms with Crippen LogP contribution in [-0.2, 0) is 23.3 Å². The molecule has 6 aromatic rings. The molecule has 0 aliphatic heterocycles. The smallest absolute Gasteiger partial charge is 0.0279 e. The first-order chi connectivity index (χ1) is 20.1. The van der Waals surface area contributed by atoms with Gasteiger partial charge in [-0.3, -0.25) is 0 Å². The molecule has 6 rings (SSSR count). The van der Waals surface area contributed by atoms with E-state index in [1.54, 1.807) is 0 Å². The van der Waals surface area contributed by atoms with Crippen LogP contribution in [0.25, 0.3) is 32.7 Å². The zero-order chi connectivity index (χ0) is 30.1. The predicted molar refractivity (Wildman–Crippen MR) is 187 cm³/mol. The molecule has 2 radical (unpaired) electrons. The maximum atomic E-state index is 3.60. The zero-order valence-electron chi connectivity index (χ0n) is 25.9. The Bertz CT molecular complexity index is 1350. The zero-order valence-corrected chi connectivity index (χ0v) is 29.4. The summed E-state index contributed by atoms with van der Waals surface area (Å²) >= 11 is 1.36. The minimum absolute atomic E-state index is 0. The van der Waals surface area contributed by atoms with Crippen molar-refractivity contribution in [3.8, 4) is 11.1 Å². The van der Waals surface area contributed by atoms with E-state index < -0.39 is 0 Å². The van der Waals surface area contributed by atoms with Crippen LogP contribution in [0, 0.1) is 34.3 Å². The number of unbranched alkanes of at least 4 members (excludes halogenated alkanes) is 2. The third-order valence-corrected chi connectivity index (χ3v) is 5.84. The molecule has 42 heavy (non-hydrogen) atoms. The van der Waals surface area contributed by atoms with Crippen molar-refractivity contribution < 1.29 is 23.3 Å². The van der Waals surface area contributed by atoms with Crippen LogP contribution in [0.1, 0.15) is 45.1 Å². The van der Waals surface area contributed by atoms with E-state index in [0.717, 1.165) is 12.8 Å². The van der Waals surface area contributed by atoms with Crippen LogP contribution in [0.4, 0.5) is 0 Å². The van der Waals surface area contributed by atoms with Gasteiger partial charge in [0, 0.05) is 0 Å². The van der Waals surface area contributed by atoms with Gasteiger partial charge in [-0.2, -0.15) is 67.4 Å². The summed E-state index contributed by atoms with van der Waals surface area (Å²) in [5.41, 5.74) is 3.95. The first-order valence-corrected chi connectivity index (χ1v) is 18.4. The van der Waals surface area contributed by atoms with Crippen molar-refractivity contribution in [3.63, 3.8) is 0 Å². The fourth-order valence-electron chi connectivity index (χ4n) is 3.68. The van der Waals surface area contributed by atoms with Crippen LogP contribution in [-0.4, -0.2) is 6.88 Å². The van der Waals surface area contributed by atoms with Crippen LogP contribution in [0.15, 0.2) is 133 Å². The number of benzene rings is 4. The Hall–Kier alpha value is -2.80. The molecule has 0 aliphatic carbocycles. The van der Waals surface area contributed by atoms with Gasteiger partial charge < -0.3 is 21.3 Å². The number of hydrogen-bond donors (Lipinski definition) is 0. The van der Waals surface area contributed by atoms with E-state index in [0.29, 0.717) is 0 Å². The van der Waals surface area contributed by atoms with E-state index in [1.807, 2.05) is 30.3 Å². The van der Waals surface area contributed by atoms with Crippen molar-refractivity contribution in [1.82, 2.24) is 0 Å². The van der Waals surface area contributed by atoms with Gasteiger partial charge in [0.25, 0.3) is 0 Å². The van der Waals surface area contributed by atoms with Gasteiger partial charge >= 0.3 is 30.2 Å². The first kappa shape index (κ1) is 39.2. The molecule has 0 aliphatic rings. The summed E-state index contributed by atoms with van der Waals surface area (Å²) < 4.78 is 0. The molecule has 0 fully saturated rings.